The summed E-state index contributed by atoms with van der Waals surface area (Å²) in [7, 11) is 1.89. The smallest absolute Gasteiger partial charge is 0.233 e. The van der Waals surface area contributed by atoms with Crippen LogP contribution in [-0.2, 0) is 16.6 Å². The van der Waals surface area contributed by atoms with E-state index in [9.17, 15) is 14.4 Å². The van der Waals surface area contributed by atoms with E-state index in [1.165, 1.54) is 0 Å². The third kappa shape index (κ3) is 1.64. The van der Waals surface area contributed by atoms with Gasteiger partial charge in [0.15, 0.2) is 5.78 Å². The summed E-state index contributed by atoms with van der Waals surface area (Å²) < 4.78 is 1.93. The van der Waals surface area contributed by atoms with Gasteiger partial charge in [0.25, 0.3) is 0 Å². The highest BCUT2D eigenvalue weighted by Gasteiger charge is 2.59. The maximum atomic E-state index is 12.2. The van der Waals surface area contributed by atoms with Crippen LogP contribution in [0.5, 0.6) is 0 Å². The molecule has 5 nitrogen and oxygen atoms in total. The van der Waals surface area contributed by atoms with Gasteiger partial charge in [-0.25, -0.2) is 0 Å². The zero-order valence-corrected chi connectivity index (χ0v) is 11.3. The fourth-order valence-corrected chi connectivity index (χ4v) is 2.77. The number of likely N-dealkylation sites (tertiary alicyclic amines) is 1. The topological polar surface area (TPSA) is 59.4 Å². The predicted molar refractivity (Wildman–Crippen MR) is 67.5 cm³/mol. The van der Waals surface area contributed by atoms with Crippen molar-refractivity contribution in [1.82, 2.24) is 9.47 Å². The van der Waals surface area contributed by atoms with E-state index in [2.05, 4.69) is 0 Å². The van der Waals surface area contributed by atoms with Crippen LogP contribution < -0.4 is 0 Å². The highest BCUT2D eigenvalue weighted by Crippen LogP contribution is 2.46. The molecule has 5 heteroatoms. The highest BCUT2D eigenvalue weighted by molar-refractivity contribution is 6.12. The summed E-state index contributed by atoms with van der Waals surface area (Å²) in [5.41, 5.74) is 2.45. The maximum absolute atomic E-state index is 12.2. The number of carbonyl (C=O) groups is 3. The molecular weight excluding hydrogens is 244 g/mol. The summed E-state index contributed by atoms with van der Waals surface area (Å²) in [5, 5.41) is 0. The lowest BCUT2D eigenvalue weighted by Gasteiger charge is -2.15. The summed E-state index contributed by atoms with van der Waals surface area (Å²) >= 11 is 0. The molecule has 1 aromatic rings. The zero-order chi connectivity index (χ0) is 13.9. The standard InChI is InChI=1S/C14H16N2O3/c1-7-4-9(8(2)15(7)3)12(17)6-16-13(18)10-5-11(10)14(16)19/h4,10-11H,5-6H2,1-3H3. The maximum Gasteiger partial charge on any atom is 0.233 e. The number of carbonyl (C=O) groups excluding carboxylic acids is 3. The molecule has 2 atom stereocenters. The Morgan fingerprint density at radius 1 is 1.26 bits per heavy atom. The number of aryl methyl sites for hydroxylation is 1. The van der Waals surface area contributed by atoms with Gasteiger partial charge in [0.05, 0.1) is 18.4 Å². The summed E-state index contributed by atoms with van der Waals surface area (Å²) in [6, 6.07) is 1.81. The van der Waals surface area contributed by atoms with Crippen LogP contribution in [0.1, 0.15) is 28.2 Å². The first-order valence-corrected chi connectivity index (χ1v) is 6.43. The van der Waals surface area contributed by atoms with Crippen molar-refractivity contribution in [2.45, 2.75) is 20.3 Å². The number of fused-ring (bicyclic) bond motifs is 1. The molecule has 1 aliphatic heterocycles. The molecule has 1 aliphatic carbocycles. The molecule has 2 amide bonds. The molecule has 2 aliphatic rings. The monoisotopic (exact) mass is 260 g/mol. The van der Waals surface area contributed by atoms with Gasteiger partial charge in [0.1, 0.15) is 0 Å². The van der Waals surface area contributed by atoms with Crippen molar-refractivity contribution in [2.75, 3.05) is 6.54 Å². The number of hydrogen-bond donors (Lipinski definition) is 0. The van der Waals surface area contributed by atoms with Gasteiger partial charge in [0, 0.05) is 24.0 Å². The Balaban J connectivity index is 1.80. The van der Waals surface area contributed by atoms with Gasteiger partial charge in [-0.1, -0.05) is 0 Å². The van der Waals surface area contributed by atoms with Crippen LogP contribution in [0.4, 0.5) is 0 Å². The summed E-state index contributed by atoms with van der Waals surface area (Å²) in [5.74, 6) is -0.788. The lowest BCUT2D eigenvalue weighted by atomic mass is 10.1. The van der Waals surface area contributed by atoms with E-state index >= 15 is 0 Å². The Kier molecular flexibility index (Phi) is 2.42. The third-order valence-electron chi connectivity index (χ3n) is 4.33. The molecule has 19 heavy (non-hydrogen) atoms. The molecule has 2 unspecified atom stereocenters. The molecule has 1 aromatic heterocycles. The molecule has 0 N–H and O–H groups in total. The van der Waals surface area contributed by atoms with E-state index in [1.54, 1.807) is 0 Å². The number of amides is 2. The molecule has 100 valence electrons. The van der Waals surface area contributed by atoms with Crippen LogP contribution in [0, 0.1) is 25.7 Å². The van der Waals surface area contributed by atoms with E-state index < -0.39 is 0 Å². The first-order chi connectivity index (χ1) is 8.91. The van der Waals surface area contributed by atoms with Crippen molar-refractivity contribution in [2.24, 2.45) is 18.9 Å². The van der Waals surface area contributed by atoms with Crippen LogP contribution in [0.2, 0.25) is 0 Å². The van der Waals surface area contributed by atoms with Crippen molar-refractivity contribution < 1.29 is 14.4 Å². The molecule has 1 saturated carbocycles. The Labute approximate surface area is 111 Å². The summed E-state index contributed by atoms with van der Waals surface area (Å²) in [6.45, 7) is 3.67. The van der Waals surface area contributed by atoms with Crippen LogP contribution in [0.3, 0.4) is 0 Å². The molecule has 2 heterocycles. The number of aromatic nitrogens is 1. The minimum atomic E-state index is -0.173. The molecule has 0 bridgehead atoms. The van der Waals surface area contributed by atoms with E-state index in [1.807, 2.05) is 31.5 Å². The summed E-state index contributed by atoms with van der Waals surface area (Å²) in [6.07, 6.45) is 0.672. The van der Waals surface area contributed by atoms with Crippen LogP contribution in [-0.4, -0.2) is 33.6 Å². The van der Waals surface area contributed by atoms with E-state index in [4.69, 9.17) is 0 Å². The number of imide groups is 1. The van der Waals surface area contributed by atoms with Crippen LogP contribution in [0.15, 0.2) is 6.07 Å². The third-order valence-corrected chi connectivity index (χ3v) is 4.33. The Bertz CT molecular complexity index is 594. The molecule has 2 fully saturated rings. The van der Waals surface area contributed by atoms with Crippen LogP contribution in [0.25, 0.3) is 0 Å². The molecule has 0 spiro atoms. The van der Waals surface area contributed by atoms with Gasteiger partial charge in [0.2, 0.25) is 11.8 Å². The second-order valence-corrected chi connectivity index (χ2v) is 5.48. The second kappa shape index (κ2) is 3.79. The van der Waals surface area contributed by atoms with Crippen molar-refractivity contribution in [3.05, 3.63) is 23.0 Å². The fourth-order valence-electron chi connectivity index (χ4n) is 2.77. The zero-order valence-electron chi connectivity index (χ0n) is 11.3. The van der Waals surface area contributed by atoms with Crippen molar-refractivity contribution >= 4 is 17.6 Å². The largest absolute Gasteiger partial charge is 0.351 e. The minimum Gasteiger partial charge on any atom is -0.351 e. The quantitative estimate of drug-likeness (QED) is 0.597. The molecule has 0 aromatic carbocycles. The molecule has 3 rings (SSSR count). The Morgan fingerprint density at radius 3 is 2.32 bits per heavy atom. The first kappa shape index (κ1) is 12.1. The average molecular weight is 260 g/mol. The minimum absolute atomic E-state index is 0.116. The van der Waals surface area contributed by atoms with Gasteiger partial charge >= 0.3 is 0 Å². The number of hydrogen-bond acceptors (Lipinski definition) is 3. The number of nitrogens with zero attached hydrogens (tertiary/aromatic N) is 2. The predicted octanol–water partition coefficient (Wildman–Crippen LogP) is 0.830. The van der Waals surface area contributed by atoms with Crippen molar-refractivity contribution in [3.8, 4) is 0 Å². The number of Topliss-reactive ketones (excluding diaryl/α,β-unsaturated/α-hetero) is 1. The highest BCUT2D eigenvalue weighted by atomic mass is 16.2. The SMILES string of the molecule is Cc1cc(C(=O)CN2C(=O)C3CC3C2=O)c(C)n1C. The van der Waals surface area contributed by atoms with Gasteiger partial charge < -0.3 is 4.57 Å². The first-order valence-electron chi connectivity index (χ1n) is 6.43. The number of ketones is 1. The van der Waals surface area contributed by atoms with Gasteiger partial charge in [-0.05, 0) is 26.3 Å². The Morgan fingerprint density at radius 2 is 1.84 bits per heavy atom. The van der Waals surface area contributed by atoms with Gasteiger partial charge in [-0.2, -0.15) is 0 Å². The normalized spacial score (nSPS) is 24.9. The summed E-state index contributed by atoms with van der Waals surface area (Å²) in [4.78, 5) is 37.0. The van der Waals surface area contributed by atoms with Gasteiger partial charge in [-0.3, -0.25) is 19.3 Å². The Hall–Kier alpha value is -1.91. The van der Waals surface area contributed by atoms with E-state index in [0.29, 0.717) is 12.0 Å². The molecule has 1 saturated heterocycles. The van der Waals surface area contributed by atoms with Crippen molar-refractivity contribution in [1.29, 1.82) is 0 Å². The lowest BCUT2D eigenvalue weighted by molar-refractivity contribution is -0.140. The van der Waals surface area contributed by atoms with Crippen LogP contribution >= 0.6 is 0 Å². The van der Waals surface area contributed by atoms with Gasteiger partial charge in [-0.15, -0.1) is 0 Å². The number of piperidine rings is 1. The number of rotatable bonds is 3. The average Bonchev–Trinajstić information content (AvgIpc) is 3.08. The fraction of sp³-hybridized carbons (Fsp3) is 0.500. The molecule has 0 radical (unpaired) electrons. The molecular formula is C14H16N2O3. The van der Waals surface area contributed by atoms with E-state index in [0.717, 1.165) is 16.3 Å². The van der Waals surface area contributed by atoms with E-state index in [-0.39, 0.29) is 36.0 Å². The second-order valence-electron chi connectivity index (χ2n) is 5.48. The lowest BCUT2D eigenvalue weighted by Crippen LogP contribution is -2.37. The van der Waals surface area contributed by atoms with Crippen molar-refractivity contribution in [3.63, 3.8) is 0 Å².